The molecule has 0 rings (SSSR count). The number of carbonyl (C=O) groups is 1. The lowest BCUT2D eigenvalue weighted by atomic mass is 10.1. The monoisotopic (exact) mass is 250 g/mol. The number of carbonyl (C=O) groups excluding carboxylic acids is 1. The zero-order valence-corrected chi connectivity index (χ0v) is 10.3. The lowest BCUT2D eigenvalue weighted by molar-refractivity contribution is -0.143. The van der Waals surface area contributed by atoms with Crippen LogP contribution in [0.25, 0.3) is 0 Å². The Labute approximate surface area is 89.2 Å². The van der Waals surface area contributed by atoms with E-state index in [1.165, 1.54) is 6.42 Å². The van der Waals surface area contributed by atoms with Gasteiger partial charge in [-0.25, -0.2) is 0 Å². The lowest BCUT2D eigenvalue weighted by Gasteiger charge is -2.21. The van der Waals surface area contributed by atoms with Crippen molar-refractivity contribution in [2.75, 3.05) is 6.61 Å². The highest BCUT2D eigenvalue weighted by Crippen LogP contribution is 2.24. The predicted molar refractivity (Wildman–Crippen MR) is 58.1 cm³/mol. The van der Waals surface area contributed by atoms with Crippen LogP contribution in [0, 0.1) is 0 Å². The SMILES string of the molecule is CCCCC(C)(Br)COC(=O)CC. The number of esters is 1. The van der Waals surface area contributed by atoms with Gasteiger partial charge in [-0.2, -0.15) is 0 Å². The molecule has 0 spiro atoms. The maximum Gasteiger partial charge on any atom is 0.305 e. The van der Waals surface area contributed by atoms with Crippen LogP contribution < -0.4 is 0 Å². The van der Waals surface area contributed by atoms with Crippen molar-refractivity contribution < 1.29 is 9.53 Å². The zero-order valence-electron chi connectivity index (χ0n) is 8.73. The van der Waals surface area contributed by atoms with Gasteiger partial charge < -0.3 is 4.74 Å². The summed E-state index contributed by atoms with van der Waals surface area (Å²) in [7, 11) is 0. The van der Waals surface area contributed by atoms with Gasteiger partial charge >= 0.3 is 5.97 Å². The van der Waals surface area contributed by atoms with Crippen LogP contribution in [0.4, 0.5) is 0 Å². The molecule has 0 aliphatic heterocycles. The van der Waals surface area contributed by atoms with Crippen molar-refractivity contribution in [2.45, 2.75) is 50.8 Å². The van der Waals surface area contributed by atoms with E-state index < -0.39 is 0 Å². The Morgan fingerprint density at radius 2 is 2.08 bits per heavy atom. The van der Waals surface area contributed by atoms with E-state index in [-0.39, 0.29) is 10.3 Å². The summed E-state index contributed by atoms with van der Waals surface area (Å²) in [6.45, 7) is 6.49. The minimum atomic E-state index is -0.123. The fourth-order valence-corrected chi connectivity index (χ4v) is 1.35. The van der Waals surface area contributed by atoms with Gasteiger partial charge in [-0.3, -0.25) is 4.79 Å². The third-order valence-corrected chi connectivity index (χ3v) is 2.50. The maximum atomic E-state index is 10.9. The van der Waals surface area contributed by atoms with Crippen molar-refractivity contribution in [3.63, 3.8) is 0 Å². The molecule has 0 radical (unpaired) electrons. The largest absolute Gasteiger partial charge is 0.464 e. The number of alkyl halides is 1. The van der Waals surface area contributed by atoms with Crippen LogP contribution in [-0.4, -0.2) is 16.9 Å². The number of hydrogen-bond donors (Lipinski definition) is 0. The molecule has 13 heavy (non-hydrogen) atoms. The fraction of sp³-hybridized carbons (Fsp3) is 0.900. The first-order chi connectivity index (χ1) is 6.02. The Balaban J connectivity index is 3.67. The molecule has 0 amide bonds. The minimum absolute atomic E-state index is 0.0478. The Hall–Kier alpha value is -0.0500. The van der Waals surface area contributed by atoms with E-state index in [0.29, 0.717) is 13.0 Å². The third-order valence-electron chi connectivity index (χ3n) is 1.87. The quantitative estimate of drug-likeness (QED) is 0.535. The van der Waals surface area contributed by atoms with Crippen LogP contribution in [0.3, 0.4) is 0 Å². The van der Waals surface area contributed by atoms with Crippen molar-refractivity contribution >= 4 is 21.9 Å². The van der Waals surface area contributed by atoms with E-state index in [9.17, 15) is 4.79 Å². The van der Waals surface area contributed by atoms with Gasteiger partial charge in [0, 0.05) is 6.42 Å². The number of ether oxygens (including phenoxy) is 1. The van der Waals surface area contributed by atoms with Crippen LogP contribution >= 0.6 is 15.9 Å². The van der Waals surface area contributed by atoms with Gasteiger partial charge in [0.05, 0.1) is 4.32 Å². The molecule has 2 nitrogen and oxygen atoms in total. The van der Waals surface area contributed by atoms with Crippen LogP contribution in [0.15, 0.2) is 0 Å². The standard InChI is InChI=1S/C10H19BrO2/c1-4-6-7-10(3,11)8-13-9(12)5-2/h4-8H2,1-3H3. The summed E-state index contributed by atoms with van der Waals surface area (Å²) in [4.78, 5) is 10.9. The molecule has 1 unspecified atom stereocenters. The molecular weight excluding hydrogens is 232 g/mol. The minimum Gasteiger partial charge on any atom is -0.464 e. The Morgan fingerprint density at radius 3 is 2.54 bits per heavy atom. The number of rotatable bonds is 6. The molecule has 0 saturated carbocycles. The summed E-state index contributed by atoms with van der Waals surface area (Å²) in [6.07, 6.45) is 3.83. The molecule has 3 heteroatoms. The van der Waals surface area contributed by atoms with Gasteiger partial charge in [0.2, 0.25) is 0 Å². The number of hydrogen-bond acceptors (Lipinski definition) is 2. The summed E-state index contributed by atoms with van der Waals surface area (Å²) >= 11 is 3.56. The molecule has 78 valence electrons. The van der Waals surface area contributed by atoms with Crippen LogP contribution in [-0.2, 0) is 9.53 Å². The van der Waals surface area contributed by atoms with Crippen molar-refractivity contribution in [3.05, 3.63) is 0 Å². The van der Waals surface area contributed by atoms with E-state index in [2.05, 4.69) is 29.8 Å². The molecule has 0 N–H and O–H groups in total. The highest BCUT2D eigenvalue weighted by atomic mass is 79.9. The molecule has 0 aliphatic carbocycles. The Bertz CT molecular complexity index is 155. The van der Waals surface area contributed by atoms with Crippen LogP contribution in [0.2, 0.25) is 0 Å². The van der Waals surface area contributed by atoms with Gasteiger partial charge in [0.15, 0.2) is 0 Å². The van der Waals surface area contributed by atoms with Crippen molar-refractivity contribution in [3.8, 4) is 0 Å². The topological polar surface area (TPSA) is 26.3 Å². The number of halogens is 1. The first-order valence-electron chi connectivity index (χ1n) is 4.86. The second-order valence-electron chi connectivity index (χ2n) is 3.53. The average molecular weight is 251 g/mol. The van der Waals surface area contributed by atoms with Gasteiger partial charge in [0.25, 0.3) is 0 Å². The molecule has 0 aromatic carbocycles. The first kappa shape index (κ1) is 12.9. The number of unbranched alkanes of at least 4 members (excludes halogenated alkanes) is 1. The van der Waals surface area contributed by atoms with Crippen LogP contribution in [0.1, 0.15) is 46.5 Å². The summed E-state index contributed by atoms with van der Waals surface area (Å²) in [6, 6.07) is 0. The summed E-state index contributed by atoms with van der Waals surface area (Å²) < 4.78 is 5.02. The molecule has 0 bridgehead atoms. The zero-order chi connectivity index (χ0) is 10.3. The predicted octanol–water partition coefficient (Wildman–Crippen LogP) is 3.28. The summed E-state index contributed by atoms with van der Waals surface area (Å²) in [5.74, 6) is -0.123. The maximum absolute atomic E-state index is 10.9. The molecule has 0 aromatic rings. The Kier molecular flexibility index (Phi) is 6.39. The fourth-order valence-electron chi connectivity index (χ4n) is 0.951. The van der Waals surface area contributed by atoms with Gasteiger partial charge in [-0.05, 0) is 13.3 Å². The lowest BCUT2D eigenvalue weighted by Crippen LogP contribution is -2.25. The van der Waals surface area contributed by atoms with E-state index in [4.69, 9.17) is 4.74 Å². The van der Waals surface area contributed by atoms with E-state index in [0.717, 1.165) is 12.8 Å². The molecule has 0 saturated heterocycles. The van der Waals surface area contributed by atoms with Gasteiger partial charge in [-0.1, -0.05) is 42.6 Å². The second kappa shape index (κ2) is 6.41. The molecule has 0 aliphatic rings. The molecule has 0 heterocycles. The normalized spacial score (nSPS) is 15.1. The van der Waals surface area contributed by atoms with Gasteiger partial charge in [-0.15, -0.1) is 0 Å². The van der Waals surface area contributed by atoms with Gasteiger partial charge in [0.1, 0.15) is 6.61 Å². The third kappa shape index (κ3) is 7.05. The molecule has 0 aromatic heterocycles. The van der Waals surface area contributed by atoms with E-state index in [1.807, 2.05) is 0 Å². The molecular formula is C10H19BrO2. The molecule has 1 atom stereocenters. The van der Waals surface area contributed by atoms with Crippen molar-refractivity contribution in [1.82, 2.24) is 0 Å². The molecule has 0 fully saturated rings. The van der Waals surface area contributed by atoms with E-state index >= 15 is 0 Å². The second-order valence-corrected chi connectivity index (χ2v) is 5.45. The summed E-state index contributed by atoms with van der Waals surface area (Å²) in [5.41, 5.74) is 0. The first-order valence-corrected chi connectivity index (χ1v) is 5.65. The Morgan fingerprint density at radius 1 is 1.46 bits per heavy atom. The van der Waals surface area contributed by atoms with Crippen molar-refractivity contribution in [1.29, 1.82) is 0 Å². The smallest absolute Gasteiger partial charge is 0.305 e. The highest BCUT2D eigenvalue weighted by molar-refractivity contribution is 9.10. The van der Waals surface area contributed by atoms with E-state index in [1.54, 1.807) is 6.92 Å². The van der Waals surface area contributed by atoms with Crippen LogP contribution in [0.5, 0.6) is 0 Å². The average Bonchev–Trinajstić information content (AvgIpc) is 2.11. The highest BCUT2D eigenvalue weighted by Gasteiger charge is 2.21. The summed E-state index contributed by atoms with van der Waals surface area (Å²) in [5, 5.41) is 0. The van der Waals surface area contributed by atoms with Crippen molar-refractivity contribution in [2.24, 2.45) is 0 Å².